The first-order valence-corrected chi connectivity index (χ1v) is 9.05. The Balaban J connectivity index is 1.62. The molecule has 1 atom stereocenters. The molecular formula is C22H25NO4. The molecule has 1 heterocycles. The lowest BCUT2D eigenvalue weighted by molar-refractivity contribution is 0.0456. The van der Waals surface area contributed by atoms with Gasteiger partial charge in [0.2, 0.25) is 0 Å². The third-order valence-electron chi connectivity index (χ3n) is 4.74. The summed E-state index contributed by atoms with van der Waals surface area (Å²) in [5, 5.41) is 10.3. The number of aliphatic hydroxyl groups is 1. The summed E-state index contributed by atoms with van der Waals surface area (Å²) in [5.74, 6) is -0.0647. The van der Waals surface area contributed by atoms with Gasteiger partial charge >= 0.3 is 0 Å². The molecule has 1 aliphatic rings. The third kappa shape index (κ3) is 3.88. The first-order valence-electron chi connectivity index (χ1n) is 9.05. The Morgan fingerprint density at radius 2 is 1.63 bits per heavy atom. The van der Waals surface area contributed by atoms with Crippen molar-refractivity contribution in [1.29, 1.82) is 0 Å². The van der Waals surface area contributed by atoms with Gasteiger partial charge in [0.25, 0.3) is 11.8 Å². The van der Waals surface area contributed by atoms with Gasteiger partial charge in [0, 0.05) is 0 Å². The number of carbonyl (C=O) groups excluding carboxylic acids is 2. The van der Waals surface area contributed by atoms with E-state index in [2.05, 4.69) is 26.8 Å². The van der Waals surface area contributed by atoms with Crippen LogP contribution in [0.25, 0.3) is 0 Å². The Kier molecular flexibility index (Phi) is 5.07. The van der Waals surface area contributed by atoms with E-state index in [0.29, 0.717) is 16.9 Å². The number of fused-ring (bicyclic) bond motifs is 1. The highest BCUT2D eigenvalue weighted by molar-refractivity contribution is 6.21. The number of hydrogen-bond acceptors (Lipinski definition) is 4. The molecule has 3 rings (SSSR count). The molecule has 2 aromatic carbocycles. The van der Waals surface area contributed by atoms with Gasteiger partial charge in [-0.1, -0.05) is 45.0 Å². The zero-order valence-corrected chi connectivity index (χ0v) is 16.2. The quantitative estimate of drug-likeness (QED) is 0.823. The number of ether oxygens (including phenoxy) is 1. The highest BCUT2D eigenvalue weighted by Crippen LogP contribution is 2.28. The molecule has 0 aliphatic carbocycles. The monoisotopic (exact) mass is 367 g/mol. The van der Waals surface area contributed by atoms with E-state index in [4.69, 9.17) is 4.74 Å². The average Bonchev–Trinajstić information content (AvgIpc) is 2.85. The van der Waals surface area contributed by atoms with Gasteiger partial charge in [-0.25, -0.2) is 0 Å². The normalized spacial score (nSPS) is 15.1. The van der Waals surface area contributed by atoms with Gasteiger partial charge in [-0.3, -0.25) is 14.5 Å². The number of β-amino-alcohol motifs (C(OH)–C–C–N with tert-alkyl or cyclic N) is 1. The van der Waals surface area contributed by atoms with Crippen molar-refractivity contribution in [1.82, 2.24) is 4.90 Å². The van der Waals surface area contributed by atoms with Crippen molar-refractivity contribution in [3.05, 3.63) is 64.7 Å². The van der Waals surface area contributed by atoms with E-state index in [1.54, 1.807) is 24.3 Å². The summed E-state index contributed by atoms with van der Waals surface area (Å²) in [4.78, 5) is 25.8. The van der Waals surface area contributed by atoms with E-state index in [-0.39, 0.29) is 30.4 Å². The highest BCUT2D eigenvalue weighted by Gasteiger charge is 2.36. The molecule has 0 spiro atoms. The molecule has 0 saturated heterocycles. The van der Waals surface area contributed by atoms with Crippen LogP contribution in [0.1, 0.15) is 52.6 Å². The van der Waals surface area contributed by atoms with Crippen LogP contribution in [0.3, 0.4) is 0 Å². The number of imide groups is 1. The summed E-state index contributed by atoms with van der Waals surface area (Å²) in [6, 6.07) is 12.7. The predicted molar refractivity (Wildman–Crippen MR) is 103 cm³/mol. The van der Waals surface area contributed by atoms with Crippen LogP contribution in [0.15, 0.2) is 42.5 Å². The maximum Gasteiger partial charge on any atom is 0.261 e. The lowest BCUT2D eigenvalue weighted by Crippen LogP contribution is -2.39. The van der Waals surface area contributed by atoms with Crippen molar-refractivity contribution >= 4 is 11.8 Å². The Hall–Kier alpha value is -2.66. The van der Waals surface area contributed by atoms with Crippen LogP contribution in [0.2, 0.25) is 0 Å². The van der Waals surface area contributed by atoms with Crippen LogP contribution in [-0.4, -0.2) is 41.1 Å². The second-order valence-corrected chi connectivity index (χ2v) is 7.96. The molecule has 1 N–H and O–H groups in total. The third-order valence-corrected chi connectivity index (χ3v) is 4.74. The van der Waals surface area contributed by atoms with Crippen LogP contribution >= 0.6 is 0 Å². The molecule has 0 fully saturated rings. The van der Waals surface area contributed by atoms with Crippen LogP contribution in [0, 0.1) is 6.92 Å². The molecule has 2 aromatic rings. The number of hydrogen-bond donors (Lipinski definition) is 1. The van der Waals surface area contributed by atoms with Crippen LogP contribution in [0.4, 0.5) is 0 Å². The molecule has 142 valence electrons. The smallest absolute Gasteiger partial charge is 0.261 e. The minimum absolute atomic E-state index is 0.00309. The summed E-state index contributed by atoms with van der Waals surface area (Å²) in [6.45, 7) is 8.31. The molecule has 5 heteroatoms. The van der Waals surface area contributed by atoms with Crippen LogP contribution in [-0.2, 0) is 5.41 Å². The Labute approximate surface area is 159 Å². The summed E-state index contributed by atoms with van der Waals surface area (Å²) in [5.41, 5.74) is 3.00. The van der Waals surface area contributed by atoms with E-state index in [9.17, 15) is 14.7 Å². The Morgan fingerprint density at radius 3 is 2.15 bits per heavy atom. The Bertz CT molecular complexity index is 847. The molecule has 1 aliphatic heterocycles. The SMILES string of the molecule is Cc1cc(C(C)(C)C)ccc1OCC(O)CN1C(=O)c2ccccc2C1=O. The van der Waals surface area contributed by atoms with Crippen molar-refractivity contribution in [3.63, 3.8) is 0 Å². The zero-order valence-electron chi connectivity index (χ0n) is 16.2. The number of benzene rings is 2. The average molecular weight is 367 g/mol. The van der Waals surface area contributed by atoms with Crippen LogP contribution in [0.5, 0.6) is 5.75 Å². The maximum atomic E-state index is 12.4. The van der Waals surface area contributed by atoms with Crippen LogP contribution < -0.4 is 4.74 Å². The molecule has 27 heavy (non-hydrogen) atoms. The summed E-state index contributed by atoms with van der Waals surface area (Å²) in [7, 11) is 0. The fourth-order valence-corrected chi connectivity index (χ4v) is 3.13. The van der Waals surface area contributed by atoms with E-state index in [1.165, 1.54) is 5.56 Å². The minimum Gasteiger partial charge on any atom is -0.491 e. The van der Waals surface area contributed by atoms with Crippen molar-refractivity contribution in [2.24, 2.45) is 0 Å². The number of rotatable bonds is 5. The lowest BCUT2D eigenvalue weighted by Gasteiger charge is -2.22. The second-order valence-electron chi connectivity index (χ2n) is 7.96. The number of amides is 2. The fraction of sp³-hybridized carbons (Fsp3) is 0.364. The number of aryl methyl sites for hydroxylation is 1. The number of aliphatic hydroxyl groups excluding tert-OH is 1. The zero-order chi connectivity index (χ0) is 19.8. The molecule has 0 radical (unpaired) electrons. The molecule has 2 amide bonds. The van der Waals surface area contributed by atoms with Gasteiger partial charge in [-0.05, 0) is 41.7 Å². The Morgan fingerprint density at radius 1 is 1.04 bits per heavy atom. The van der Waals surface area contributed by atoms with E-state index in [0.717, 1.165) is 10.5 Å². The number of carbonyl (C=O) groups is 2. The van der Waals surface area contributed by atoms with Gasteiger partial charge in [0.1, 0.15) is 18.5 Å². The largest absolute Gasteiger partial charge is 0.491 e. The van der Waals surface area contributed by atoms with E-state index >= 15 is 0 Å². The minimum atomic E-state index is -0.964. The molecular weight excluding hydrogens is 342 g/mol. The van der Waals surface area contributed by atoms with E-state index < -0.39 is 6.10 Å². The predicted octanol–water partition coefficient (Wildman–Crippen LogP) is 3.33. The molecule has 0 aromatic heterocycles. The standard InChI is InChI=1S/C22H25NO4/c1-14-11-15(22(2,3)4)9-10-19(14)27-13-16(24)12-23-20(25)17-7-5-6-8-18(17)21(23)26/h5-11,16,24H,12-13H2,1-4H3. The van der Waals surface area contributed by atoms with E-state index in [1.807, 2.05) is 19.1 Å². The van der Waals surface area contributed by atoms with Crippen molar-refractivity contribution in [2.75, 3.05) is 13.2 Å². The fourth-order valence-electron chi connectivity index (χ4n) is 3.13. The van der Waals surface area contributed by atoms with Gasteiger partial charge in [-0.2, -0.15) is 0 Å². The van der Waals surface area contributed by atoms with Crippen molar-refractivity contribution in [2.45, 2.75) is 39.2 Å². The summed E-state index contributed by atoms with van der Waals surface area (Å²) < 4.78 is 5.72. The molecule has 1 unspecified atom stereocenters. The molecule has 0 bridgehead atoms. The van der Waals surface area contributed by atoms with Crippen molar-refractivity contribution in [3.8, 4) is 5.75 Å². The number of nitrogens with zero attached hydrogens (tertiary/aromatic N) is 1. The topological polar surface area (TPSA) is 66.8 Å². The van der Waals surface area contributed by atoms with Gasteiger partial charge in [-0.15, -0.1) is 0 Å². The van der Waals surface area contributed by atoms with Crippen molar-refractivity contribution < 1.29 is 19.4 Å². The first-order chi connectivity index (χ1) is 12.7. The lowest BCUT2D eigenvalue weighted by atomic mass is 9.86. The van der Waals surface area contributed by atoms with Gasteiger partial charge in [0.05, 0.1) is 17.7 Å². The second kappa shape index (κ2) is 7.16. The highest BCUT2D eigenvalue weighted by atomic mass is 16.5. The maximum absolute atomic E-state index is 12.4. The van der Waals surface area contributed by atoms with Gasteiger partial charge in [0.15, 0.2) is 0 Å². The first kappa shape index (κ1) is 19.1. The summed E-state index contributed by atoms with van der Waals surface area (Å²) in [6.07, 6.45) is -0.964. The molecule has 0 saturated carbocycles. The summed E-state index contributed by atoms with van der Waals surface area (Å²) >= 11 is 0. The molecule has 5 nitrogen and oxygen atoms in total. The van der Waals surface area contributed by atoms with Gasteiger partial charge < -0.3 is 9.84 Å².